The van der Waals surface area contributed by atoms with Crippen LogP contribution >= 0.6 is 0 Å². The quantitative estimate of drug-likeness (QED) is 0.788. The predicted octanol–water partition coefficient (Wildman–Crippen LogP) is 3.59. The molecule has 1 amide bonds. The molecule has 1 aliphatic heterocycles. The molecule has 1 heterocycles. The van der Waals surface area contributed by atoms with Gasteiger partial charge in [-0.3, -0.25) is 4.79 Å². The van der Waals surface area contributed by atoms with Crippen molar-refractivity contribution >= 4 is 5.91 Å². The summed E-state index contributed by atoms with van der Waals surface area (Å²) in [6.45, 7) is 7.21. The lowest BCUT2D eigenvalue weighted by atomic mass is 9.96. The van der Waals surface area contributed by atoms with Crippen molar-refractivity contribution in [2.45, 2.75) is 13.3 Å². The topological polar surface area (TPSA) is 20.3 Å². The highest BCUT2D eigenvalue weighted by Crippen LogP contribution is 2.23. The van der Waals surface area contributed by atoms with Crippen molar-refractivity contribution in [3.05, 3.63) is 71.8 Å². The molecule has 0 unspecified atom stereocenters. The molecule has 98 valence electrons. The number of piperidine rings is 1. The fourth-order valence-corrected chi connectivity index (χ4v) is 2.35. The molecule has 19 heavy (non-hydrogen) atoms. The number of hydrogen-bond acceptors (Lipinski definition) is 1. The molecule has 2 nitrogen and oxygen atoms in total. The first-order chi connectivity index (χ1) is 9.26. The molecular weight excluding hydrogens is 234 g/mol. The predicted molar refractivity (Wildman–Crippen MR) is 79.0 cm³/mol. The van der Waals surface area contributed by atoms with Crippen molar-refractivity contribution < 1.29 is 4.79 Å². The van der Waals surface area contributed by atoms with Crippen molar-refractivity contribution in [2.75, 3.05) is 13.1 Å². The van der Waals surface area contributed by atoms with E-state index in [1.54, 1.807) is 0 Å². The van der Waals surface area contributed by atoms with Crippen molar-refractivity contribution in [3.63, 3.8) is 0 Å². The Morgan fingerprint density at radius 2 is 2.00 bits per heavy atom. The van der Waals surface area contributed by atoms with Crippen LogP contribution in [0, 0.1) is 0 Å². The van der Waals surface area contributed by atoms with Gasteiger partial charge in [-0.1, -0.05) is 43.0 Å². The summed E-state index contributed by atoms with van der Waals surface area (Å²) in [5, 5.41) is 0. The first-order valence-electron chi connectivity index (χ1n) is 6.57. The van der Waals surface area contributed by atoms with Gasteiger partial charge in [0.05, 0.1) is 0 Å². The van der Waals surface area contributed by atoms with Gasteiger partial charge in [0.25, 0.3) is 5.91 Å². The monoisotopic (exact) mass is 253 g/mol. The van der Waals surface area contributed by atoms with Crippen LogP contribution in [-0.4, -0.2) is 23.9 Å². The molecule has 0 atom stereocenters. The summed E-state index contributed by atoms with van der Waals surface area (Å²) in [6.07, 6.45) is 6.83. The summed E-state index contributed by atoms with van der Waals surface area (Å²) in [5.74, 6) is 0.109. The third-order valence-corrected chi connectivity index (χ3v) is 3.40. The zero-order valence-electron chi connectivity index (χ0n) is 11.3. The highest BCUT2D eigenvalue weighted by Gasteiger charge is 2.22. The Kier molecular flexibility index (Phi) is 4.35. The van der Waals surface area contributed by atoms with Crippen LogP contribution in [0.1, 0.15) is 23.7 Å². The maximum absolute atomic E-state index is 12.4. The van der Waals surface area contributed by atoms with E-state index in [0.717, 1.165) is 18.5 Å². The van der Waals surface area contributed by atoms with Crippen LogP contribution in [0.15, 0.2) is 66.3 Å². The molecular formula is C17H19NO. The molecule has 1 aliphatic rings. The molecule has 1 fully saturated rings. The van der Waals surface area contributed by atoms with Crippen LogP contribution in [-0.2, 0) is 0 Å². The standard InChI is InChI=1S/C17H19NO/c1-3-8-15-11-12-18(13-14(15)4-2)17(19)16-9-6-5-7-10-16/h3-10H,1,11-13H2,2H3/b14-4-,15-8-. The number of rotatable bonds is 2. The second-order valence-corrected chi connectivity index (χ2v) is 4.58. The van der Waals surface area contributed by atoms with Crippen LogP contribution in [0.2, 0.25) is 0 Å². The summed E-state index contributed by atoms with van der Waals surface area (Å²) in [6, 6.07) is 9.46. The van der Waals surface area contributed by atoms with Gasteiger partial charge in [-0.2, -0.15) is 0 Å². The second kappa shape index (κ2) is 6.19. The normalized spacial score (nSPS) is 19.7. The number of hydrogen-bond donors (Lipinski definition) is 0. The smallest absolute Gasteiger partial charge is 0.254 e. The Labute approximate surface area is 114 Å². The summed E-state index contributed by atoms with van der Waals surface area (Å²) in [7, 11) is 0. The lowest BCUT2D eigenvalue weighted by Crippen LogP contribution is -2.37. The van der Waals surface area contributed by atoms with E-state index in [2.05, 4.69) is 12.7 Å². The minimum absolute atomic E-state index is 0.109. The van der Waals surface area contributed by atoms with Crippen molar-refractivity contribution in [3.8, 4) is 0 Å². The molecule has 0 aliphatic carbocycles. The molecule has 0 bridgehead atoms. The van der Waals surface area contributed by atoms with E-state index in [0.29, 0.717) is 6.54 Å². The summed E-state index contributed by atoms with van der Waals surface area (Å²) in [5.41, 5.74) is 3.26. The van der Waals surface area contributed by atoms with E-state index >= 15 is 0 Å². The van der Waals surface area contributed by atoms with E-state index < -0.39 is 0 Å². The maximum atomic E-state index is 12.4. The van der Waals surface area contributed by atoms with E-state index in [4.69, 9.17) is 0 Å². The minimum atomic E-state index is 0.109. The maximum Gasteiger partial charge on any atom is 0.254 e. The Balaban J connectivity index is 2.15. The number of nitrogens with zero attached hydrogens (tertiary/aromatic N) is 1. The number of amides is 1. The Hall–Kier alpha value is -2.09. The van der Waals surface area contributed by atoms with E-state index in [1.165, 1.54) is 11.1 Å². The Morgan fingerprint density at radius 3 is 2.63 bits per heavy atom. The lowest BCUT2D eigenvalue weighted by Gasteiger charge is -2.30. The molecule has 1 aromatic rings. The zero-order valence-corrected chi connectivity index (χ0v) is 11.3. The number of carbonyl (C=O) groups excluding carboxylic acids is 1. The van der Waals surface area contributed by atoms with Gasteiger partial charge in [0, 0.05) is 18.7 Å². The molecule has 2 rings (SSSR count). The Morgan fingerprint density at radius 1 is 1.26 bits per heavy atom. The van der Waals surface area contributed by atoms with Crippen molar-refractivity contribution in [1.82, 2.24) is 4.90 Å². The molecule has 0 N–H and O–H groups in total. The molecule has 1 saturated heterocycles. The van der Waals surface area contributed by atoms with E-state index in [9.17, 15) is 4.79 Å². The van der Waals surface area contributed by atoms with Crippen LogP contribution < -0.4 is 0 Å². The molecule has 0 radical (unpaired) electrons. The fourth-order valence-electron chi connectivity index (χ4n) is 2.35. The molecule has 0 spiro atoms. The molecule has 2 heteroatoms. The van der Waals surface area contributed by atoms with Gasteiger partial charge in [0.2, 0.25) is 0 Å². The van der Waals surface area contributed by atoms with Crippen molar-refractivity contribution in [2.24, 2.45) is 0 Å². The largest absolute Gasteiger partial charge is 0.334 e. The third kappa shape index (κ3) is 3.02. The van der Waals surface area contributed by atoms with Crippen molar-refractivity contribution in [1.29, 1.82) is 0 Å². The van der Waals surface area contributed by atoms with Crippen LogP contribution in [0.5, 0.6) is 0 Å². The number of carbonyl (C=O) groups is 1. The van der Waals surface area contributed by atoms with Gasteiger partial charge in [0.15, 0.2) is 0 Å². The minimum Gasteiger partial charge on any atom is -0.334 e. The fraction of sp³-hybridized carbons (Fsp3) is 0.235. The van der Waals surface area contributed by atoms with Gasteiger partial charge < -0.3 is 4.90 Å². The molecule has 1 aromatic carbocycles. The van der Waals surface area contributed by atoms with Gasteiger partial charge in [-0.25, -0.2) is 0 Å². The van der Waals surface area contributed by atoms with Gasteiger partial charge in [0.1, 0.15) is 0 Å². The highest BCUT2D eigenvalue weighted by atomic mass is 16.2. The van der Waals surface area contributed by atoms with Gasteiger partial charge in [-0.05, 0) is 36.6 Å². The van der Waals surface area contributed by atoms with E-state index in [1.807, 2.05) is 54.3 Å². The number of allylic oxidation sites excluding steroid dienone is 3. The van der Waals surface area contributed by atoms with Gasteiger partial charge >= 0.3 is 0 Å². The summed E-state index contributed by atoms with van der Waals surface area (Å²) in [4.78, 5) is 14.3. The van der Waals surface area contributed by atoms with Crippen LogP contribution in [0.4, 0.5) is 0 Å². The van der Waals surface area contributed by atoms with Crippen LogP contribution in [0.3, 0.4) is 0 Å². The Bertz CT molecular complexity index is 525. The number of benzene rings is 1. The van der Waals surface area contributed by atoms with Gasteiger partial charge in [-0.15, -0.1) is 0 Å². The molecule has 0 saturated carbocycles. The lowest BCUT2D eigenvalue weighted by molar-refractivity contribution is 0.0763. The number of likely N-dealkylation sites (tertiary alicyclic amines) is 1. The first-order valence-corrected chi connectivity index (χ1v) is 6.57. The SMILES string of the molecule is C=C/C=C1/CCN(C(=O)c2ccccc2)C/C1=C/C. The second-order valence-electron chi connectivity index (χ2n) is 4.58. The zero-order chi connectivity index (χ0) is 13.7. The summed E-state index contributed by atoms with van der Waals surface area (Å²) < 4.78 is 0. The van der Waals surface area contributed by atoms with Crippen LogP contribution in [0.25, 0.3) is 0 Å². The highest BCUT2D eigenvalue weighted by molar-refractivity contribution is 5.94. The van der Waals surface area contributed by atoms with E-state index in [-0.39, 0.29) is 5.91 Å². The third-order valence-electron chi connectivity index (χ3n) is 3.40. The average molecular weight is 253 g/mol. The molecule has 0 aromatic heterocycles. The average Bonchev–Trinajstić information content (AvgIpc) is 2.48. The summed E-state index contributed by atoms with van der Waals surface area (Å²) >= 11 is 0. The first kappa shape index (κ1) is 13.3.